The molecule has 0 unspecified atom stereocenters. The number of hydrogen-bond acceptors (Lipinski definition) is 4. The van der Waals surface area contributed by atoms with E-state index in [1.54, 1.807) is 0 Å². The van der Waals surface area contributed by atoms with Crippen molar-refractivity contribution in [3.8, 4) is 56.3 Å². The molecule has 0 aliphatic rings. The molecule has 4 nitrogen and oxygen atoms in total. The van der Waals surface area contributed by atoms with E-state index in [4.69, 9.17) is 19.4 Å². The average Bonchev–Trinajstić information content (AvgIpc) is 3.66. The summed E-state index contributed by atoms with van der Waals surface area (Å²) in [6.07, 6.45) is 0. The number of fused-ring (bicyclic) bond motifs is 8. The van der Waals surface area contributed by atoms with Crippen LogP contribution in [0.2, 0.25) is 0 Å². The zero-order chi connectivity index (χ0) is 36.3. The van der Waals surface area contributed by atoms with Crippen LogP contribution in [0.15, 0.2) is 192 Å². The summed E-state index contributed by atoms with van der Waals surface area (Å²) in [5.41, 5.74) is 11.6. The van der Waals surface area contributed by atoms with Crippen molar-refractivity contribution in [1.29, 1.82) is 0 Å². The third kappa shape index (κ3) is 5.26. The van der Waals surface area contributed by atoms with Gasteiger partial charge in [-0.2, -0.15) is 0 Å². The van der Waals surface area contributed by atoms with E-state index in [0.717, 1.165) is 77.7 Å². The number of rotatable bonds is 5. The molecule has 0 saturated heterocycles. The molecule has 3 heterocycles. The molecule has 0 bridgehead atoms. The standard InChI is InChI=1S/C51H31N3O/c1-3-13-32(14-4-1)45-31-46(54-51(53-45)35-15-5-2-6-16-35)33-23-25-34(26-24-33)49-48-41-21-11-12-22-47(41)55-50(48)43-30-37(27-28-44(43)52-49)42-29-36-17-7-8-18-38(36)39-19-9-10-20-40(39)42/h1-31H. The summed E-state index contributed by atoms with van der Waals surface area (Å²) in [5, 5.41) is 7.99. The summed E-state index contributed by atoms with van der Waals surface area (Å²) in [7, 11) is 0. The van der Waals surface area contributed by atoms with E-state index in [1.165, 1.54) is 27.1 Å². The number of para-hydroxylation sites is 1. The molecule has 0 aliphatic carbocycles. The smallest absolute Gasteiger partial charge is 0.160 e. The molecule has 0 atom stereocenters. The zero-order valence-electron chi connectivity index (χ0n) is 29.6. The van der Waals surface area contributed by atoms with Gasteiger partial charge in [-0.15, -0.1) is 0 Å². The van der Waals surface area contributed by atoms with Gasteiger partial charge in [0.05, 0.1) is 28.0 Å². The van der Waals surface area contributed by atoms with Crippen molar-refractivity contribution >= 4 is 54.4 Å². The number of nitrogens with zero attached hydrogens (tertiary/aromatic N) is 3. The molecule has 0 fully saturated rings. The lowest BCUT2D eigenvalue weighted by molar-refractivity contribution is 0.672. The average molecular weight is 702 g/mol. The Morgan fingerprint density at radius 2 is 0.945 bits per heavy atom. The van der Waals surface area contributed by atoms with Crippen LogP contribution in [0.25, 0.3) is 111 Å². The van der Waals surface area contributed by atoms with Crippen LogP contribution < -0.4 is 0 Å². The van der Waals surface area contributed by atoms with E-state index in [2.05, 4.69) is 140 Å². The Kier molecular flexibility index (Phi) is 7.14. The van der Waals surface area contributed by atoms with Crippen molar-refractivity contribution in [2.75, 3.05) is 0 Å². The van der Waals surface area contributed by atoms with Gasteiger partial charge in [0, 0.05) is 33.0 Å². The minimum atomic E-state index is 0.694. The van der Waals surface area contributed by atoms with Crippen molar-refractivity contribution in [1.82, 2.24) is 15.0 Å². The largest absolute Gasteiger partial charge is 0.455 e. The van der Waals surface area contributed by atoms with Crippen molar-refractivity contribution in [2.45, 2.75) is 0 Å². The predicted octanol–water partition coefficient (Wildman–Crippen LogP) is 13.6. The second-order valence-corrected chi connectivity index (χ2v) is 14.0. The highest BCUT2D eigenvalue weighted by atomic mass is 16.3. The van der Waals surface area contributed by atoms with Gasteiger partial charge in [0.2, 0.25) is 0 Å². The van der Waals surface area contributed by atoms with Crippen molar-refractivity contribution < 1.29 is 4.42 Å². The molecule has 4 heteroatoms. The summed E-state index contributed by atoms with van der Waals surface area (Å²) in [6.45, 7) is 0. The quantitative estimate of drug-likeness (QED) is 0.168. The fourth-order valence-electron chi connectivity index (χ4n) is 8.00. The summed E-state index contributed by atoms with van der Waals surface area (Å²) in [5.74, 6) is 0.694. The highest BCUT2D eigenvalue weighted by Gasteiger charge is 2.20. The summed E-state index contributed by atoms with van der Waals surface area (Å²) >= 11 is 0. The molecule has 256 valence electrons. The van der Waals surface area contributed by atoms with Crippen molar-refractivity contribution in [3.63, 3.8) is 0 Å². The number of pyridine rings is 1. The lowest BCUT2D eigenvalue weighted by atomic mass is 9.92. The van der Waals surface area contributed by atoms with Crippen LogP contribution in [0.4, 0.5) is 0 Å². The molecule has 11 rings (SSSR count). The molecule has 0 amide bonds. The maximum atomic E-state index is 6.72. The van der Waals surface area contributed by atoms with Gasteiger partial charge in [-0.3, -0.25) is 0 Å². The number of benzene rings is 8. The van der Waals surface area contributed by atoms with Gasteiger partial charge in [-0.25, -0.2) is 15.0 Å². The topological polar surface area (TPSA) is 51.8 Å². The van der Waals surface area contributed by atoms with Crippen LogP contribution in [0.3, 0.4) is 0 Å². The van der Waals surface area contributed by atoms with E-state index >= 15 is 0 Å². The van der Waals surface area contributed by atoms with E-state index in [9.17, 15) is 0 Å². The lowest BCUT2D eigenvalue weighted by Crippen LogP contribution is -1.96. The van der Waals surface area contributed by atoms with Crippen LogP contribution in [-0.2, 0) is 0 Å². The fourth-order valence-corrected chi connectivity index (χ4v) is 8.00. The van der Waals surface area contributed by atoms with Gasteiger partial charge in [0.25, 0.3) is 0 Å². The third-order valence-corrected chi connectivity index (χ3v) is 10.7. The number of furan rings is 1. The molecular formula is C51H31N3O. The van der Waals surface area contributed by atoms with E-state index in [1.807, 2.05) is 48.5 Å². The lowest BCUT2D eigenvalue weighted by Gasteiger charge is -2.13. The SMILES string of the molecule is c1ccc(-c2cc(-c3ccc(-c4nc5ccc(-c6cc7ccccc7c7ccccc67)cc5c5oc6ccccc6c45)cc3)nc(-c3ccccc3)n2)cc1. The van der Waals surface area contributed by atoms with Crippen LogP contribution in [0.5, 0.6) is 0 Å². The number of aromatic nitrogens is 3. The first kappa shape index (κ1) is 31.1. The first-order valence-electron chi connectivity index (χ1n) is 18.5. The monoisotopic (exact) mass is 701 g/mol. The molecule has 55 heavy (non-hydrogen) atoms. The second kappa shape index (κ2) is 12.6. The van der Waals surface area contributed by atoms with Gasteiger partial charge in [-0.1, -0.05) is 158 Å². The molecule has 3 aromatic heterocycles. The normalized spacial score (nSPS) is 11.6. The van der Waals surface area contributed by atoms with Crippen LogP contribution in [0.1, 0.15) is 0 Å². The molecule has 0 N–H and O–H groups in total. The molecule has 0 saturated carbocycles. The minimum Gasteiger partial charge on any atom is -0.455 e. The second-order valence-electron chi connectivity index (χ2n) is 14.0. The molecule has 11 aromatic rings. The van der Waals surface area contributed by atoms with Gasteiger partial charge >= 0.3 is 0 Å². The molecule has 0 radical (unpaired) electrons. The first-order valence-corrected chi connectivity index (χ1v) is 18.5. The Hall–Kier alpha value is -7.43. The highest BCUT2D eigenvalue weighted by molar-refractivity contribution is 6.20. The van der Waals surface area contributed by atoms with Gasteiger partial charge in [-0.05, 0) is 63.0 Å². The Balaban J connectivity index is 1.07. The van der Waals surface area contributed by atoms with Crippen LogP contribution in [0, 0.1) is 0 Å². The third-order valence-electron chi connectivity index (χ3n) is 10.7. The summed E-state index contributed by atoms with van der Waals surface area (Å²) in [6, 6.07) is 65.5. The van der Waals surface area contributed by atoms with Crippen LogP contribution >= 0.6 is 0 Å². The van der Waals surface area contributed by atoms with Crippen LogP contribution in [-0.4, -0.2) is 15.0 Å². The molecule has 8 aromatic carbocycles. The first-order chi connectivity index (χ1) is 27.2. The van der Waals surface area contributed by atoms with E-state index < -0.39 is 0 Å². The zero-order valence-corrected chi connectivity index (χ0v) is 29.6. The predicted molar refractivity (Wildman–Crippen MR) is 227 cm³/mol. The fraction of sp³-hybridized carbons (Fsp3) is 0. The Morgan fingerprint density at radius 3 is 1.71 bits per heavy atom. The molecule has 0 spiro atoms. The maximum absolute atomic E-state index is 6.72. The minimum absolute atomic E-state index is 0.694. The Morgan fingerprint density at radius 1 is 0.364 bits per heavy atom. The van der Waals surface area contributed by atoms with Gasteiger partial charge < -0.3 is 4.42 Å². The Bertz CT molecular complexity index is 3180. The number of hydrogen-bond donors (Lipinski definition) is 0. The molecular weight excluding hydrogens is 671 g/mol. The van der Waals surface area contributed by atoms with E-state index in [0.29, 0.717) is 5.82 Å². The Labute approximate surface area is 317 Å². The van der Waals surface area contributed by atoms with Crippen molar-refractivity contribution in [3.05, 3.63) is 188 Å². The van der Waals surface area contributed by atoms with E-state index in [-0.39, 0.29) is 0 Å². The van der Waals surface area contributed by atoms with Gasteiger partial charge in [0.1, 0.15) is 11.2 Å². The van der Waals surface area contributed by atoms with Crippen molar-refractivity contribution in [2.24, 2.45) is 0 Å². The summed E-state index contributed by atoms with van der Waals surface area (Å²) in [4.78, 5) is 15.4. The summed E-state index contributed by atoms with van der Waals surface area (Å²) < 4.78 is 6.72. The molecule has 0 aliphatic heterocycles. The maximum Gasteiger partial charge on any atom is 0.160 e. The van der Waals surface area contributed by atoms with Gasteiger partial charge in [0.15, 0.2) is 5.82 Å². The highest BCUT2D eigenvalue weighted by Crippen LogP contribution is 2.42.